The maximum atomic E-state index is 5.78. The summed E-state index contributed by atoms with van der Waals surface area (Å²) in [6.07, 6.45) is 4.53. The lowest BCUT2D eigenvalue weighted by atomic mass is 10.5. The second-order valence-corrected chi connectivity index (χ2v) is 2.84. The predicted molar refractivity (Wildman–Crippen MR) is 50.8 cm³/mol. The van der Waals surface area contributed by atoms with E-state index in [1.54, 1.807) is 6.20 Å². The summed E-state index contributed by atoms with van der Waals surface area (Å²) in [5.74, 6) is 1.25. The summed E-state index contributed by atoms with van der Waals surface area (Å²) in [6.45, 7) is 0.485. The van der Waals surface area contributed by atoms with E-state index in [9.17, 15) is 0 Å². The summed E-state index contributed by atoms with van der Waals surface area (Å²) in [5.41, 5.74) is 0. The number of anilines is 1. The van der Waals surface area contributed by atoms with Crippen molar-refractivity contribution in [2.24, 2.45) is 0 Å². The van der Waals surface area contributed by atoms with Crippen LogP contribution in [0.4, 0.5) is 5.82 Å². The van der Waals surface area contributed by atoms with Crippen molar-refractivity contribution in [2.45, 2.75) is 6.54 Å². The normalized spacial score (nSPS) is 10.1. The van der Waals surface area contributed by atoms with Crippen LogP contribution in [0.25, 0.3) is 0 Å². The minimum atomic E-state index is 0.340. The number of nitrogens with zero attached hydrogens (tertiary/aromatic N) is 4. The lowest BCUT2D eigenvalue weighted by Gasteiger charge is -2.02. The topological polar surface area (TPSA) is 79.4 Å². The van der Waals surface area contributed by atoms with Gasteiger partial charge in [0.15, 0.2) is 11.0 Å². The molecule has 0 fully saturated rings. The SMILES string of the molecule is Clc1nccnc1NCc1ncn[nH]1. The summed E-state index contributed by atoms with van der Waals surface area (Å²) in [6, 6.07) is 0. The van der Waals surface area contributed by atoms with Gasteiger partial charge in [-0.1, -0.05) is 11.6 Å². The number of aromatic nitrogens is 5. The van der Waals surface area contributed by atoms with Gasteiger partial charge < -0.3 is 5.32 Å². The monoisotopic (exact) mass is 210 g/mol. The molecule has 2 heterocycles. The highest BCUT2D eigenvalue weighted by Crippen LogP contribution is 2.14. The van der Waals surface area contributed by atoms with Crippen molar-refractivity contribution in [1.82, 2.24) is 25.1 Å². The molecule has 0 atom stereocenters. The quantitative estimate of drug-likeness (QED) is 0.786. The maximum absolute atomic E-state index is 5.78. The van der Waals surface area contributed by atoms with E-state index in [0.29, 0.717) is 23.3 Å². The van der Waals surface area contributed by atoms with Gasteiger partial charge in [-0.3, -0.25) is 5.10 Å². The average Bonchev–Trinajstić information content (AvgIpc) is 2.69. The summed E-state index contributed by atoms with van der Waals surface area (Å²) >= 11 is 5.78. The Hall–Kier alpha value is -1.69. The minimum absolute atomic E-state index is 0.340. The van der Waals surface area contributed by atoms with E-state index in [0.717, 1.165) is 0 Å². The third-order valence-electron chi connectivity index (χ3n) is 1.54. The van der Waals surface area contributed by atoms with E-state index in [1.807, 2.05) is 0 Å². The molecule has 6 nitrogen and oxygen atoms in total. The maximum Gasteiger partial charge on any atom is 0.171 e. The van der Waals surface area contributed by atoms with E-state index in [1.165, 1.54) is 12.5 Å². The lowest BCUT2D eigenvalue weighted by Crippen LogP contribution is -2.03. The zero-order chi connectivity index (χ0) is 9.80. The third kappa shape index (κ3) is 1.97. The van der Waals surface area contributed by atoms with Gasteiger partial charge in [-0.25, -0.2) is 15.0 Å². The van der Waals surface area contributed by atoms with Gasteiger partial charge >= 0.3 is 0 Å². The van der Waals surface area contributed by atoms with Crippen molar-refractivity contribution in [3.05, 3.63) is 29.7 Å². The zero-order valence-corrected chi connectivity index (χ0v) is 7.86. The van der Waals surface area contributed by atoms with Gasteiger partial charge in [-0.2, -0.15) is 5.10 Å². The predicted octanol–water partition coefficient (Wildman–Crippen LogP) is 0.860. The zero-order valence-electron chi connectivity index (χ0n) is 7.11. The van der Waals surface area contributed by atoms with Gasteiger partial charge in [0, 0.05) is 12.4 Å². The fraction of sp³-hybridized carbons (Fsp3) is 0.143. The fourth-order valence-electron chi connectivity index (χ4n) is 0.923. The first-order valence-corrected chi connectivity index (χ1v) is 4.28. The molecular formula is C7H7ClN6. The van der Waals surface area contributed by atoms with Crippen molar-refractivity contribution in [3.63, 3.8) is 0 Å². The Morgan fingerprint density at radius 2 is 2.14 bits per heavy atom. The van der Waals surface area contributed by atoms with Gasteiger partial charge in [0.05, 0.1) is 6.54 Å². The molecule has 72 valence electrons. The van der Waals surface area contributed by atoms with Gasteiger partial charge in [-0.15, -0.1) is 0 Å². The first-order valence-electron chi connectivity index (χ1n) is 3.91. The first-order chi connectivity index (χ1) is 6.86. The molecule has 2 aromatic rings. The van der Waals surface area contributed by atoms with Crippen LogP contribution in [0.5, 0.6) is 0 Å². The number of hydrogen-bond donors (Lipinski definition) is 2. The molecule has 0 saturated heterocycles. The Balaban J connectivity index is 2.02. The van der Waals surface area contributed by atoms with Crippen molar-refractivity contribution in [2.75, 3.05) is 5.32 Å². The van der Waals surface area contributed by atoms with E-state index in [2.05, 4.69) is 30.5 Å². The molecule has 2 rings (SSSR count). The van der Waals surface area contributed by atoms with Crippen LogP contribution in [0.1, 0.15) is 5.82 Å². The molecule has 0 spiro atoms. The molecule has 7 heteroatoms. The van der Waals surface area contributed by atoms with Gasteiger partial charge in [0.1, 0.15) is 12.2 Å². The Kier molecular flexibility index (Phi) is 2.55. The van der Waals surface area contributed by atoms with Crippen LogP contribution < -0.4 is 5.32 Å². The molecule has 0 aliphatic carbocycles. The molecule has 0 radical (unpaired) electrons. The summed E-state index contributed by atoms with van der Waals surface area (Å²) < 4.78 is 0. The third-order valence-corrected chi connectivity index (χ3v) is 1.82. The number of H-pyrrole nitrogens is 1. The van der Waals surface area contributed by atoms with Crippen molar-refractivity contribution in [1.29, 1.82) is 0 Å². The second kappa shape index (κ2) is 4.01. The molecule has 14 heavy (non-hydrogen) atoms. The molecule has 0 saturated carbocycles. The van der Waals surface area contributed by atoms with Crippen LogP contribution in [0.15, 0.2) is 18.7 Å². The largest absolute Gasteiger partial charge is 0.360 e. The number of nitrogens with one attached hydrogen (secondary N) is 2. The lowest BCUT2D eigenvalue weighted by molar-refractivity contribution is 0.944. The van der Waals surface area contributed by atoms with Crippen molar-refractivity contribution < 1.29 is 0 Å². The molecular weight excluding hydrogens is 204 g/mol. The Morgan fingerprint density at radius 3 is 2.86 bits per heavy atom. The second-order valence-electron chi connectivity index (χ2n) is 2.48. The molecule has 0 amide bonds. The molecule has 2 N–H and O–H groups in total. The smallest absolute Gasteiger partial charge is 0.171 e. The number of hydrogen-bond acceptors (Lipinski definition) is 5. The van der Waals surface area contributed by atoms with Gasteiger partial charge in [0.25, 0.3) is 0 Å². The minimum Gasteiger partial charge on any atom is -0.360 e. The van der Waals surface area contributed by atoms with Crippen LogP contribution in [0.2, 0.25) is 5.15 Å². The molecule has 0 unspecified atom stereocenters. The summed E-state index contributed by atoms with van der Waals surface area (Å²) in [4.78, 5) is 11.8. The molecule has 0 aromatic carbocycles. The van der Waals surface area contributed by atoms with E-state index < -0.39 is 0 Å². The van der Waals surface area contributed by atoms with Crippen molar-refractivity contribution in [3.8, 4) is 0 Å². The van der Waals surface area contributed by atoms with Crippen LogP contribution in [-0.4, -0.2) is 25.1 Å². The Morgan fingerprint density at radius 1 is 1.29 bits per heavy atom. The Labute approximate surface area is 84.8 Å². The van der Waals surface area contributed by atoms with E-state index >= 15 is 0 Å². The highest BCUT2D eigenvalue weighted by molar-refractivity contribution is 6.31. The highest BCUT2D eigenvalue weighted by Gasteiger charge is 2.01. The average molecular weight is 211 g/mol. The van der Waals surface area contributed by atoms with Crippen LogP contribution >= 0.6 is 11.6 Å². The molecule has 2 aromatic heterocycles. The fourth-order valence-corrected chi connectivity index (χ4v) is 1.10. The molecule has 0 aliphatic heterocycles. The van der Waals surface area contributed by atoms with Crippen molar-refractivity contribution >= 4 is 17.4 Å². The van der Waals surface area contributed by atoms with Crippen LogP contribution in [-0.2, 0) is 6.54 Å². The van der Waals surface area contributed by atoms with E-state index in [-0.39, 0.29) is 0 Å². The Bertz CT molecular complexity index is 400. The standard InChI is InChI=1S/C7H7ClN6/c8-6-7(10-2-1-9-6)11-3-5-12-4-13-14-5/h1-2,4H,3H2,(H,10,11)(H,12,13,14). The summed E-state index contributed by atoms with van der Waals surface area (Å²) in [7, 11) is 0. The molecule has 0 bridgehead atoms. The highest BCUT2D eigenvalue weighted by atomic mass is 35.5. The van der Waals surface area contributed by atoms with E-state index in [4.69, 9.17) is 11.6 Å². The molecule has 0 aliphatic rings. The summed E-state index contributed by atoms with van der Waals surface area (Å²) in [5, 5.41) is 9.74. The number of aromatic amines is 1. The first kappa shape index (κ1) is 8.89. The number of halogens is 1. The van der Waals surface area contributed by atoms with Gasteiger partial charge in [-0.05, 0) is 0 Å². The van der Waals surface area contributed by atoms with Gasteiger partial charge in [0.2, 0.25) is 0 Å². The number of rotatable bonds is 3. The van der Waals surface area contributed by atoms with Crippen LogP contribution in [0.3, 0.4) is 0 Å². The van der Waals surface area contributed by atoms with Crippen LogP contribution in [0, 0.1) is 0 Å².